The average molecular weight is 304 g/mol. The Morgan fingerprint density at radius 1 is 1.36 bits per heavy atom. The first-order valence-corrected chi connectivity index (χ1v) is 7.41. The minimum atomic E-state index is -0.0845. The topological polar surface area (TPSA) is 76.8 Å². The Balaban J connectivity index is 1.84. The molecule has 0 saturated carbocycles. The highest BCUT2D eigenvalue weighted by atomic mass is 16.2. The molecule has 0 fully saturated rings. The number of hydrogen-bond donors (Lipinski definition) is 2. The van der Waals surface area contributed by atoms with Gasteiger partial charge in [0, 0.05) is 25.4 Å². The van der Waals surface area contributed by atoms with Crippen LogP contribution in [0.1, 0.15) is 31.1 Å². The van der Waals surface area contributed by atoms with Crippen molar-refractivity contribution in [3.8, 4) is 0 Å². The lowest BCUT2D eigenvalue weighted by Gasteiger charge is -2.21. The minimum absolute atomic E-state index is 0.0845. The first-order valence-electron chi connectivity index (χ1n) is 7.41. The highest BCUT2D eigenvalue weighted by Crippen LogP contribution is 2.11. The first kappa shape index (κ1) is 16.2. The van der Waals surface area contributed by atoms with Gasteiger partial charge in [0.05, 0.1) is 24.5 Å². The Kier molecular flexibility index (Phi) is 4.97. The van der Waals surface area contributed by atoms with Crippen LogP contribution in [0.4, 0.5) is 5.82 Å². The Morgan fingerprint density at radius 3 is 2.64 bits per heavy atom. The van der Waals surface area contributed by atoms with E-state index in [4.69, 9.17) is 0 Å². The molecule has 0 unspecified atom stereocenters. The molecule has 7 nitrogen and oxygen atoms in total. The summed E-state index contributed by atoms with van der Waals surface area (Å²) in [4.78, 5) is 12.0. The Hall–Kier alpha value is -2.15. The van der Waals surface area contributed by atoms with Crippen molar-refractivity contribution in [3.05, 3.63) is 29.7 Å². The summed E-state index contributed by atoms with van der Waals surface area (Å²) in [5, 5.41) is 14.6. The lowest BCUT2D eigenvalue weighted by atomic mass is 10.2. The maximum Gasteiger partial charge on any atom is 0.239 e. The molecule has 2 aromatic rings. The van der Waals surface area contributed by atoms with Gasteiger partial charge in [0.1, 0.15) is 5.82 Å². The molecular formula is C15H24N6O. The second kappa shape index (κ2) is 6.74. The van der Waals surface area contributed by atoms with Crippen molar-refractivity contribution >= 4 is 11.7 Å². The van der Waals surface area contributed by atoms with Crippen LogP contribution in [0.2, 0.25) is 0 Å². The van der Waals surface area contributed by atoms with Gasteiger partial charge in [-0.05, 0) is 33.3 Å². The van der Waals surface area contributed by atoms with Gasteiger partial charge in [0.2, 0.25) is 5.91 Å². The standard InChI is InChI=1S/C15H24N6O/c1-10-7-17-21(9-10)13(4)12(3)16-8-15(22)18-14-6-11(2)19-20(14)5/h6-7,9,12-13,16H,8H2,1-5H3,(H,18,22)/t12-,13+/m0/s1. The van der Waals surface area contributed by atoms with Crippen LogP contribution in [-0.2, 0) is 11.8 Å². The van der Waals surface area contributed by atoms with Gasteiger partial charge in [-0.25, -0.2) is 0 Å². The third kappa shape index (κ3) is 3.94. The van der Waals surface area contributed by atoms with Gasteiger partial charge in [-0.15, -0.1) is 0 Å². The monoisotopic (exact) mass is 304 g/mol. The molecule has 0 aromatic carbocycles. The maximum absolute atomic E-state index is 12.0. The van der Waals surface area contributed by atoms with E-state index in [9.17, 15) is 4.79 Å². The van der Waals surface area contributed by atoms with Gasteiger partial charge in [0.15, 0.2) is 0 Å². The molecule has 0 radical (unpaired) electrons. The normalized spacial score (nSPS) is 13.9. The van der Waals surface area contributed by atoms with E-state index in [2.05, 4.69) is 27.8 Å². The summed E-state index contributed by atoms with van der Waals surface area (Å²) >= 11 is 0. The zero-order valence-corrected chi connectivity index (χ0v) is 13.8. The van der Waals surface area contributed by atoms with Crippen LogP contribution in [0.15, 0.2) is 18.5 Å². The van der Waals surface area contributed by atoms with E-state index in [1.165, 1.54) is 0 Å². The molecule has 120 valence electrons. The molecule has 1 amide bonds. The molecule has 2 aromatic heterocycles. The number of carbonyl (C=O) groups excluding carboxylic acids is 1. The third-order valence-electron chi connectivity index (χ3n) is 3.73. The van der Waals surface area contributed by atoms with E-state index in [0.29, 0.717) is 5.82 Å². The van der Waals surface area contributed by atoms with E-state index in [1.807, 2.05) is 43.9 Å². The summed E-state index contributed by atoms with van der Waals surface area (Å²) in [6, 6.07) is 2.13. The van der Waals surface area contributed by atoms with E-state index >= 15 is 0 Å². The second-order valence-electron chi connectivity index (χ2n) is 5.75. The zero-order valence-electron chi connectivity index (χ0n) is 13.8. The predicted molar refractivity (Wildman–Crippen MR) is 85.7 cm³/mol. The summed E-state index contributed by atoms with van der Waals surface area (Å²) in [6.45, 7) is 8.27. The van der Waals surface area contributed by atoms with Crippen molar-refractivity contribution in [1.29, 1.82) is 0 Å². The fourth-order valence-electron chi connectivity index (χ4n) is 2.22. The summed E-state index contributed by atoms with van der Waals surface area (Å²) < 4.78 is 3.57. The summed E-state index contributed by atoms with van der Waals surface area (Å²) in [5.74, 6) is 0.617. The van der Waals surface area contributed by atoms with Crippen molar-refractivity contribution in [2.24, 2.45) is 7.05 Å². The minimum Gasteiger partial charge on any atom is -0.310 e. The highest BCUT2D eigenvalue weighted by Gasteiger charge is 2.16. The Bertz CT molecular complexity index is 644. The van der Waals surface area contributed by atoms with Gasteiger partial charge in [0.25, 0.3) is 0 Å². The quantitative estimate of drug-likeness (QED) is 0.846. The number of anilines is 1. The van der Waals surface area contributed by atoms with Crippen molar-refractivity contribution in [1.82, 2.24) is 24.9 Å². The molecular weight excluding hydrogens is 280 g/mol. The van der Waals surface area contributed by atoms with Gasteiger partial charge in [-0.2, -0.15) is 10.2 Å². The van der Waals surface area contributed by atoms with Crippen molar-refractivity contribution in [3.63, 3.8) is 0 Å². The number of nitrogens with one attached hydrogen (secondary N) is 2. The molecule has 2 rings (SSSR count). The number of amides is 1. The van der Waals surface area contributed by atoms with Crippen LogP contribution in [0.25, 0.3) is 0 Å². The smallest absolute Gasteiger partial charge is 0.239 e. The number of aromatic nitrogens is 4. The van der Waals surface area contributed by atoms with Gasteiger partial charge >= 0.3 is 0 Å². The van der Waals surface area contributed by atoms with Crippen molar-refractivity contribution in [2.75, 3.05) is 11.9 Å². The molecule has 0 aliphatic carbocycles. The van der Waals surface area contributed by atoms with Crippen LogP contribution < -0.4 is 10.6 Å². The number of hydrogen-bond acceptors (Lipinski definition) is 4. The zero-order chi connectivity index (χ0) is 16.3. The Morgan fingerprint density at radius 2 is 2.09 bits per heavy atom. The third-order valence-corrected chi connectivity index (χ3v) is 3.73. The Labute approximate surface area is 130 Å². The molecule has 7 heteroatoms. The van der Waals surface area contributed by atoms with Crippen molar-refractivity contribution < 1.29 is 4.79 Å². The summed E-state index contributed by atoms with van der Waals surface area (Å²) in [6.07, 6.45) is 3.84. The molecule has 0 aliphatic heterocycles. The first-order chi connectivity index (χ1) is 10.4. The summed E-state index contributed by atoms with van der Waals surface area (Å²) in [5.41, 5.74) is 2.00. The SMILES string of the molecule is Cc1cnn([C@H](C)[C@H](C)NCC(=O)Nc2cc(C)nn2C)c1. The maximum atomic E-state index is 12.0. The van der Waals surface area contributed by atoms with Gasteiger partial charge < -0.3 is 10.6 Å². The molecule has 2 heterocycles. The van der Waals surface area contributed by atoms with Crippen LogP contribution in [0.3, 0.4) is 0 Å². The van der Waals surface area contributed by atoms with Gasteiger partial charge in [-0.1, -0.05) is 0 Å². The van der Waals surface area contributed by atoms with E-state index < -0.39 is 0 Å². The molecule has 0 spiro atoms. The fraction of sp³-hybridized carbons (Fsp3) is 0.533. The fourth-order valence-corrected chi connectivity index (χ4v) is 2.22. The van der Waals surface area contributed by atoms with E-state index in [0.717, 1.165) is 11.3 Å². The second-order valence-corrected chi connectivity index (χ2v) is 5.75. The average Bonchev–Trinajstić information content (AvgIpc) is 3.01. The molecule has 22 heavy (non-hydrogen) atoms. The number of nitrogens with zero attached hydrogens (tertiary/aromatic N) is 4. The van der Waals surface area contributed by atoms with E-state index in [-0.39, 0.29) is 24.5 Å². The molecule has 0 aliphatic rings. The molecule has 2 atom stereocenters. The number of rotatable bonds is 6. The molecule has 2 N–H and O–H groups in total. The lowest BCUT2D eigenvalue weighted by molar-refractivity contribution is -0.115. The number of carbonyl (C=O) groups is 1. The molecule has 0 saturated heterocycles. The van der Waals surface area contributed by atoms with Crippen LogP contribution in [0, 0.1) is 13.8 Å². The van der Waals surface area contributed by atoms with Crippen LogP contribution in [0.5, 0.6) is 0 Å². The highest BCUT2D eigenvalue weighted by molar-refractivity contribution is 5.91. The molecule has 0 bridgehead atoms. The van der Waals surface area contributed by atoms with Crippen LogP contribution >= 0.6 is 0 Å². The number of aryl methyl sites for hydroxylation is 3. The van der Waals surface area contributed by atoms with E-state index in [1.54, 1.807) is 11.7 Å². The lowest BCUT2D eigenvalue weighted by Crippen LogP contribution is -2.39. The van der Waals surface area contributed by atoms with Crippen molar-refractivity contribution in [2.45, 2.75) is 39.8 Å². The predicted octanol–water partition coefficient (Wildman–Crippen LogP) is 1.41. The largest absolute Gasteiger partial charge is 0.310 e. The van der Waals surface area contributed by atoms with Gasteiger partial charge in [-0.3, -0.25) is 14.2 Å². The van der Waals surface area contributed by atoms with Crippen LogP contribution in [-0.4, -0.2) is 38.1 Å². The summed E-state index contributed by atoms with van der Waals surface area (Å²) in [7, 11) is 1.81.